The van der Waals surface area contributed by atoms with Crippen LogP contribution in [0.25, 0.3) is 0 Å². The molecule has 0 aliphatic carbocycles. The number of hydrogen-bond donors (Lipinski definition) is 0. The van der Waals surface area contributed by atoms with Gasteiger partial charge >= 0.3 is 0 Å². The van der Waals surface area contributed by atoms with Crippen molar-refractivity contribution in [3.05, 3.63) is 77.0 Å². The molecule has 2 aromatic carbocycles. The lowest BCUT2D eigenvalue weighted by Gasteiger charge is -2.36. The van der Waals surface area contributed by atoms with Crippen molar-refractivity contribution < 1.29 is 9.72 Å². The van der Waals surface area contributed by atoms with Gasteiger partial charge in [0.15, 0.2) is 0 Å². The van der Waals surface area contributed by atoms with Crippen molar-refractivity contribution in [3.63, 3.8) is 0 Å². The Bertz CT molecular complexity index is 1130. The van der Waals surface area contributed by atoms with Gasteiger partial charge in [0.2, 0.25) is 5.91 Å². The van der Waals surface area contributed by atoms with Crippen LogP contribution in [0.2, 0.25) is 0 Å². The lowest BCUT2D eigenvalue weighted by molar-refractivity contribution is -0.385. The fourth-order valence-electron chi connectivity index (χ4n) is 4.25. The van der Waals surface area contributed by atoms with Crippen molar-refractivity contribution in [2.75, 3.05) is 42.5 Å². The molecule has 0 radical (unpaired) electrons. The van der Waals surface area contributed by atoms with Crippen LogP contribution >= 0.6 is 11.8 Å². The van der Waals surface area contributed by atoms with Gasteiger partial charge in [0, 0.05) is 55.0 Å². The summed E-state index contributed by atoms with van der Waals surface area (Å²) in [6.45, 7) is 3.16. The third-order valence-corrected chi connectivity index (χ3v) is 7.11. The van der Waals surface area contributed by atoms with E-state index in [4.69, 9.17) is 0 Å². The lowest BCUT2D eigenvalue weighted by atomic mass is 10.2. The first-order valence-corrected chi connectivity index (χ1v) is 11.7. The number of benzene rings is 2. The van der Waals surface area contributed by atoms with Crippen LogP contribution in [-0.4, -0.2) is 53.4 Å². The number of rotatable bonds is 5. The molecule has 0 unspecified atom stereocenters. The lowest BCUT2D eigenvalue weighted by Crippen LogP contribution is -2.49. The van der Waals surface area contributed by atoms with E-state index in [-0.39, 0.29) is 11.6 Å². The molecule has 5 rings (SSSR count). The van der Waals surface area contributed by atoms with E-state index < -0.39 is 4.92 Å². The molecule has 2 aliphatic rings. The van der Waals surface area contributed by atoms with E-state index in [1.54, 1.807) is 17.8 Å². The molecular formula is C24H23N5O3S. The first kappa shape index (κ1) is 21.3. The second kappa shape index (κ2) is 9.11. The molecule has 0 bridgehead atoms. The number of fused-ring (bicyclic) bond motifs is 2. The predicted molar refractivity (Wildman–Crippen MR) is 128 cm³/mol. The van der Waals surface area contributed by atoms with Gasteiger partial charge in [0.05, 0.1) is 16.3 Å². The van der Waals surface area contributed by atoms with Gasteiger partial charge in [-0.05, 0) is 30.3 Å². The number of amides is 1. The van der Waals surface area contributed by atoms with Crippen molar-refractivity contribution in [3.8, 4) is 0 Å². The van der Waals surface area contributed by atoms with Gasteiger partial charge in [-0.3, -0.25) is 14.9 Å². The first-order valence-electron chi connectivity index (χ1n) is 10.9. The quantitative estimate of drug-likeness (QED) is 0.413. The largest absolute Gasteiger partial charge is 0.353 e. The maximum atomic E-state index is 13.0. The second-order valence-electron chi connectivity index (χ2n) is 7.94. The molecule has 3 heterocycles. The summed E-state index contributed by atoms with van der Waals surface area (Å²) in [4.78, 5) is 36.2. The summed E-state index contributed by atoms with van der Waals surface area (Å²) in [6.07, 6.45) is 1.71. The summed E-state index contributed by atoms with van der Waals surface area (Å²) in [7, 11) is 0. The third kappa shape index (κ3) is 4.36. The topological polar surface area (TPSA) is 82.8 Å². The Balaban J connectivity index is 1.21. The third-order valence-electron chi connectivity index (χ3n) is 5.98. The number of aromatic nitrogens is 1. The molecule has 1 saturated heterocycles. The Morgan fingerprint density at radius 3 is 2.15 bits per heavy atom. The van der Waals surface area contributed by atoms with Gasteiger partial charge in [-0.1, -0.05) is 36.0 Å². The first-order chi connectivity index (χ1) is 16.1. The van der Waals surface area contributed by atoms with E-state index in [0.29, 0.717) is 45.0 Å². The molecule has 1 fully saturated rings. The molecule has 0 spiro atoms. The molecule has 2 aliphatic heterocycles. The highest BCUT2D eigenvalue weighted by atomic mass is 32.2. The van der Waals surface area contributed by atoms with Gasteiger partial charge in [0.25, 0.3) is 5.69 Å². The summed E-state index contributed by atoms with van der Waals surface area (Å²) < 4.78 is 0. The number of hydrogen-bond acceptors (Lipinski definition) is 7. The zero-order chi connectivity index (χ0) is 22.8. The van der Waals surface area contributed by atoms with Crippen molar-refractivity contribution in [1.82, 2.24) is 9.88 Å². The zero-order valence-corrected chi connectivity index (χ0v) is 18.8. The standard InChI is InChI=1S/C24H23N5O3S/c30-24(27-15-13-26(14-16-27)23-10-9-18(17-25-23)29(31)32)11-12-28-19-5-1-3-7-21(19)33-22-8-4-2-6-20(22)28/h1-10,17H,11-16H2. The van der Waals surface area contributed by atoms with Crippen LogP contribution in [0.5, 0.6) is 0 Å². The fourth-order valence-corrected chi connectivity index (χ4v) is 5.34. The summed E-state index contributed by atoms with van der Waals surface area (Å²) in [5, 5.41) is 10.8. The number of para-hydroxylation sites is 2. The van der Waals surface area contributed by atoms with Gasteiger partial charge in [-0.2, -0.15) is 0 Å². The summed E-state index contributed by atoms with van der Waals surface area (Å²) in [5.41, 5.74) is 2.26. The molecule has 33 heavy (non-hydrogen) atoms. The molecule has 168 valence electrons. The van der Waals surface area contributed by atoms with Crippen LogP contribution < -0.4 is 9.80 Å². The molecule has 8 nitrogen and oxygen atoms in total. The van der Waals surface area contributed by atoms with Crippen LogP contribution in [0, 0.1) is 10.1 Å². The molecule has 1 amide bonds. The molecule has 9 heteroatoms. The van der Waals surface area contributed by atoms with E-state index in [1.165, 1.54) is 22.1 Å². The van der Waals surface area contributed by atoms with Gasteiger partial charge in [0.1, 0.15) is 12.0 Å². The van der Waals surface area contributed by atoms with E-state index in [0.717, 1.165) is 11.4 Å². The zero-order valence-electron chi connectivity index (χ0n) is 18.0. The SMILES string of the molecule is O=C(CCN1c2ccccc2Sc2ccccc21)N1CCN(c2ccc([N+](=O)[O-])cn2)CC1. The van der Waals surface area contributed by atoms with Crippen molar-refractivity contribution >= 4 is 40.5 Å². The highest BCUT2D eigenvalue weighted by Gasteiger charge is 2.26. The second-order valence-corrected chi connectivity index (χ2v) is 9.02. The normalized spacial score (nSPS) is 15.1. The molecule has 3 aromatic rings. The minimum atomic E-state index is -0.453. The number of carbonyl (C=O) groups excluding carboxylic acids is 1. The summed E-state index contributed by atoms with van der Waals surface area (Å²) in [5.74, 6) is 0.839. The molecule has 0 N–H and O–H groups in total. The van der Waals surface area contributed by atoms with Gasteiger partial charge < -0.3 is 14.7 Å². The number of pyridine rings is 1. The Kier molecular flexibility index (Phi) is 5.87. The Hall–Kier alpha value is -3.59. The number of piperazine rings is 1. The van der Waals surface area contributed by atoms with E-state index in [9.17, 15) is 14.9 Å². The Morgan fingerprint density at radius 1 is 0.939 bits per heavy atom. The summed E-state index contributed by atoms with van der Waals surface area (Å²) >= 11 is 1.76. The maximum Gasteiger partial charge on any atom is 0.287 e. The van der Waals surface area contributed by atoms with Crippen molar-refractivity contribution in [2.45, 2.75) is 16.2 Å². The molecular weight excluding hydrogens is 438 g/mol. The summed E-state index contributed by atoms with van der Waals surface area (Å²) in [6, 6.07) is 19.8. The van der Waals surface area contributed by atoms with Crippen LogP contribution in [-0.2, 0) is 4.79 Å². The monoisotopic (exact) mass is 461 g/mol. The highest BCUT2D eigenvalue weighted by molar-refractivity contribution is 7.99. The highest BCUT2D eigenvalue weighted by Crippen LogP contribution is 2.47. The van der Waals surface area contributed by atoms with E-state index in [2.05, 4.69) is 39.0 Å². The van der Waals surface area contributed by atoms with Crippen LogP contribution in [0.15, 0.2) is 76.7 Å². The average Bonchev–Trinajstić information content (AvgIpc) is 2.86. The van der Waals surface area contributed by atoms with E-state index >= 15 is 0 Å². The van der Waals surface area contributed by atoms with Crippen molar-refractivity contribution in [2.24, 2.45) is 0 Å². The van der Waals surface area contributed by atoms with E-state index in [1.807, 2.05) is 29.2 Å². The van der Waals surface area contributed by atoms with Gasteiger partial charge in [-0.15, -0.1) is 0 Å². The van der Waals surface area contributed by atoms with Gasteiger partial charge in [-0.25, -0.2) is 4.98 Å². The maximum absolute atomic E-state index is 13.0. The smallest absolute Gasteiger partial charge is 0.287 e. The van der Waals surface area contributed by atoms with Crippen LogP contribution in [0.3, 0.4) is 0 Å². The number of nitrogens with zero attached hydrogens (tertiary/aromatic N) is 5. The molecule has 1 aromatic heterocycles. The van der Waals surface area contributed by atoms with Crippen LogP contribution in [0.4, 0.5) is 22.9 Å². The Morgan fingerprint density at radius 2 is 1.58 bits per heavy atom. The number of nitro groups is 1. The van der Waals surface area contributed by atoms with Crippen LogP contribution in [0.1, 0.15) is 6.42 Å². The van der Waals surface area contributed by atoms with Crippen molar-refractivity contribution in [1.29, 1.82) is 0 Å². The Labute approximate surface area is 196 Å². The average molecular weight is 462 g/mol. The number of carbonyl (C=O) groups is 1. The minimum Gasteiger partial charge on any atom is -0.353 e. The fraction of sp³-hybridized carbons (Fsp3) is 0.250. The predicted octanol–water partition coefficient (Wildman–Crippen LogP) is 4.33. The molecule has 0 atom stereocenters. The number of anilines is 3. The molecule has 0 saturated carbocycles. The minimum absolute atomic E-state index is 0.0215.